The number of aryl methyl sites for hydroxylation is 2. The second-order valence-electron chi connectivity index (χ2n) is 12.4. The van der Waals surface area contributed by atoms with Crippen LogP contribution in [0.2, 0.25) is 0 Å². The Bertz CT molecular complexity index is 1150. The summed E-state index contributed by atoms with van der Waals surface area (Å²) in [6, 6.07) is 8.04. The Morgan fingerprint density at radius 3 is 2.90 bits per heavy atom. The number of carbonyl (C=O) groups is 1. The van der Waals surface area contributed by atoms with Gasteiger partial charge in [0.25, 0.3) is 0 Å². The smallest absolute Gasteiger partial charge is 0.325 e. The topological polar surface area (TPSA) is 71.9 Å². The molecule has 6 nitrogen and oxygen atoms in total. The van der Waals surface area contributed by atoms with Crippen LogP contribution in [-0.4, -0.2) is 53.4 Å². The Hall–Kier alpha value is -2.35. The Morgan fingerprint density at radius 2 is 2.10 bits per heavy atom. The Labute approximate surface area is 231 Å². The molecule has 0 radical (unpaired) electrons. The van der Waals surface area contributed by atoms with E-state index < -0.39 is 17.8 Å². The van der Waals surface area contributed by atoms with E-state index in [9.17, 15) is 14.3 Å². The van der Waals surface area contributed by atoms with Crippen molar-refractivity contribution in [2.24, 2.45) is 5.41 Å². The molecule has 1 N–H and O–H groups in total. The minimum absolute atomic E-state index is 0.0149. The number of rotatable bonds is 10. The third kappa shape index (κ3) is 7.05. The molecule has 3 atom stereocenters. The van der Waals surface area contributed by atoms with E-state index in [1.54, 1.807) is 6.07 Å². The normalized spacial score (nSPS) is 23.9. The number of halogens is 1. The first kappa shape index (κ1) is 28.2. The number of carboxylic acids is 1. The molecule has 0 saturated carbocycles. The monoisotopic (exact) mass is 538 g/mol. The van der Waals surface area contributed by atoms with Crippen LogP contribution in [0.25, 0.3) is 0 Å². The first-order chi connectivity index (χ1) is 18.8. The van der Waals surface area contributed by atoms with Gasteiger partial charge in [-0.1, -0.05) is 26.0 Å². The van der Waals surface area contributed by atoms with Gasteiger partial charge in [0.15, 0.2) is 0 Å². The summed E-state index contributed by atoms with van der Waals surface area (Å²) in [5.41, 5.74) is 5.49. The van der Waals surface area contributed by atoms with Crippen LogP contribution in [0.15, 0.2) is 30.3 Å². The number of pyridine rings is 1. The van der Waals surface area contributed by atoms with Gasteiger partial charge >= 0.3 is 5.97 Å². The first-order valence-corrected chi connectivity index (χ1v) is 14.8. The molecule has 2 fully saturated rings. The van der Waals surface area contributed by atoms with Gasteiger partial charge in [0.2, 0.25) is 0 Å². The summed E-state index contributed by atoms with van der Waals surface area (Å²) < 4.78 is 26.4. The molecule has 212 valence electrons. The van der Waals surface area contributed by atoms with Crippen molar-refractivity contribution in [1.82, 2.24) is 9.88 Å². The summed E-state index contributed by atoms with van der Waals surface area (Å²) in [5.74, 6) is -1.38. The van der Waals surface area contributed by atoms with Crippen molar-refractivity contribution in [2.75, 3.05) is 26.3 Å². The second kappa shape index (κ2) is 12.4. The standard InChI is InChI=1S/C32H43FN2O4/c1-32(2)15-13-22-9-11-24(34-28(22)20-32)7-3-5-17-38-25-14-16-35(21-25)30(31(36)37)27-19-23(33)10-12-26(27)29-8-4-6-18-39-29/h9-12,19,25,29-30H,3-8,13-18,20-21H2,1-2H3,(H,36,37)/t25-,29+,30?/m1/s1. The highest BCUT2D eigenvalue weighted by Gasteiger charge is 2.37. The lowest BCUT2D eigenvalue weighted by atomic mass is 9.76. The number of nitrogens with zero attached hydrogens (tertiary/aromatic N) is 2. The van der Waals surface area contributed by atoms with Crippen LogP contribution in [0.4, 0.5) is 4.39 Å². The number of hydrogen-bond acceptors (Lipinski definition) is 5. The lowest BCUT2D eigenvalue weighted by molar-refractivity contribution is -0.143. The number of hydrogen-bond donors (Lipinski definition) is 1. The molecule has 2 aliphatic heterocycles. The van der Waals surface area contributed by atoms with Crippen LogP contribution >= 0.6 is 0 Å². The minimum atomic E-state index is -0.959. The van der Waals surface area contributed by atoms with E-state index in [1.165, 1.54) is 29.8 Å². The maximum absolute atomic E-state index is 14.3. The molecule has 0 spiro atoms. The molecule has 2 saturated heterocycles. The molecule has 7 heteroatoms. The first-order valence-electron chi connectivity index (χ1n) is 14.8. The quantitative estimate of drug-likeness (QED) is 0.362. The number of ether oxygens (including phenoxy) is 2. The van der Waals surface area contributed by atoms with E-state index in [4.69, 9.17) is 14.5 Å². The average molecular weight is 539 g/mol. The van der Waals surface area contributed by atoms with Gasteiger partial charge in [-0.15, -0.1) is 0 Å². The van der Waals surface area contributed by atoms with Crippen LogP contribution in [0, 0.1) is 11.2 Å². The fraction of sp³-hybridized carbons (Fsp3) is 0.625. The van der Waals surface area contributed by atoms with Crippen LogP contribution in [0.5, 0.6) is 0 Å². The second-order valence-corrected chi connectivity index (χ2v) is 12.4. The van der Waals surface area contributed by atoms with Crippen molar-refractivity contribution >= 4 is 5.97 Å². The van der Waals surface area contributed by atoms with Gasteiger partial charge < -0.3 is 14.6 Å². The van der Waals surface area contributed by atoms with Crippen LogP contribution in [-0.2, 0) is 33.5 Å². The molecule has 2 aromatic rings. The molecule has 0 amide bonds. The van der Waals surface area contributed by atoms with Crippen LogP contribution < -0.4 is 0 Å². The van der Waals surface area contributed by atoms with E-state index >= 15 is 0 Å². The average Bonchev–Trinajstić information content (AvgIpc) is 3.36. The van der Waals surface area contributed by atoms with E-state index in [1.807, 2.05) is 4.90 Å². The highest BCUT2D eigenvalue weighted by atomic mass is 19.1. The lowest BCUT2D eigenvalue weighted by Crippen LogP contribution is -2.34. The van der Waals surface area contributed by atoms with Gasteiger partial charge in [-0.25, -0.2) is 4.39 Å². The van der Waals surface area contributed by atoms with Crippen molar-refractivity contribution in [3.05, 3.63) is 64.2 Å². The highest BCUT2D eigenvalue weighted by molar-refractivity contribution is 5.76. The van der Waals surface area contributed by atoms with E-state index in [-0.39, 0.29) is 12.2 Å². The zero-order chi connectivity index (χ0) is 27.4. The van der Waals surface area contributed by atoms with Gasteiger partial charge in [0.1, 0.15) is 11.9 Å². The Balaban J connectivity index is 1.12. The molecule has 1 aliphatic carbocycles. The predicted octanol–water partition coefficient (Wildman–Crippen LogP) is 6.22. The number of carboxylic acid groups (broad SMARTS) is 1. The summed E-state index contributed by atoms with van der Waals surface area (Å²) in [5, 5.41) is 10.2. The van der Waals surface area contributed by atoms with Gasteiger partial charge in [0.05, 0.1) is 12.2 Å². The van der Waals surface area contributed by atoms with Crippen molar-refractivity contribution in [3.63, 3.8) is 0 Å². The van der Waals surface area contributed by atoms with E-state index in [2.05, 4.69) is 26.0 Å². The van der Waals surface area contributed by atoms with Crippen molar-refractivity contribution < 1.29 is 23.8 Å². The Morgan fingerprint density at radius 1 is 1.23 bits per heavy atom. The zero-order valence-electron chi connectivity index (χ0n) is 23.5. The van der Waals surface area contributed by atoms with Crippen molar-refractivity contribution in [3.8, 4) is 0 Å². The van der Waals surface area contributed by atoms with Crippen molar-refractivity contribution in [1.29, 1.82) is 0 Å². The molecule has 1 aromatic heterocycles. The highest BCUT2D eigenvalue weighted by Crippen LogP contribution is 2.37. The molecule has 5 rings (SSSR count). The minimum Gasteiger partial charge on any atom is -0.480 e. The molecule has 1 unspecified atom stereocenters. The van der Waals surface area contributed by atoms with Gasteiger partial charge in [-0.3, -0.25) is 14.7 Å². The molecule has 3 heterocycles. The number of aromatic nitrogens is 1. The number of aliphatic carboxylic acids is 1. The van der Waals surface area contributed by atoms with Gasteiger partial charge in [0, 0.05) is 37.7 Å². The van der Waals surface area contributed by atoms with Crippen molar-refractivity contribution in [2.45, 2.75) is 96.3 Å². The fourth-order valence-corrected chi connectivity index (χ4v) is 6.44. The largest absolute Gasteiger partial charge is 0.480 e. The molecule has 1 aromatic carbocycles. The molecule has 0 bridgehead atoms. The summed E-state index contributed by atoms with van der Waals surface area (Å²) in [6.45, 7) is 7.09. The predicted molar refractivity (Wildman–Crippen MR) is 148 cm³/mol. The van der Waals surface area contributed by atoms with Gasteiger partial charge in [-0.2, -0.15) is 0 Å². The SMILES string of the molecule is CC1(C)CCc2ccc(CCCCO[C@@H]3CCN(C(C(=O)O)c4cc(F)ccc4[C@@H]4CCCCO4)C3)nc2C1. The van der Waals surface area contributed by atoms with E-state index in [0.29, 0.717) is 37.3 Å². The van der Waals surface area contributed by atoms with Crippen LogP contribution in [0.3, 0.4) is 0 Å². The molecular formula is C32H43FN2O4. The van der Waals surface area contributed by atoms with Gasteiger partial charge in [-0.05, 0) is 105 Å². The number of fused-ring (bicyclic) bond motifs is 1. The lowest BCUT2D eigenvalue weighted by Gasteiger charge is -2.30. The number of unbranched alkanes of at least 4 members (excludes halogenated alkanes) is 1. The maximum atomic E-state index is 14.3. The fourth-order valence-electron chi connectivity index (χ4n) is 6.44. The molecule has 39 heavy (non-hydrogen) atoms. The summed E-state index contributed by atoms with van der Waals surface area (Å²) >= 11 is 0. The third-order valence-corrected chi connectivity index (χ3v) is 8.67. The zero-order valence-corrected chi connectivity index (χ0v) is 23.5. The summed E-state index contributed by atoms with van der Waals surface area (Å²) in [4.78, 5) is 19.3. The Kier molecular flexibility index (Phi) is 8.99. The molecular weight excluding hydrogens is 495 g/mol. The third-order valence-electron chi connectivity index (χ3n) is 8.67. The number of likely N-dealkylation sites (tertiary alicyclic amines) is 1. The number of benzene rings is 1. The summed E-state index contributed by atoms with van der Waals surface area (Å²) in [7, 11) is 0. The maximum Gasteiger partial charge on any atom is 0.325 e. The summed E-state index contributed by atoms with van der Waals surface area (Å²) in [6.07, 6.45) is 9.74. The van der Waals surface area contributed by atoms with Crippen LogP contribution in [0.1, 0.15) is 99.0 Å². The molecule has 3 aliphatic rings. The van der Waals surface area contributed by atoms with E-state index in [0.717, 1.165) is 69.0 Å².